The molecule has 1 aromatic carbocycles. The molecule has 0 amide bonds. The van der Waals surface area contributed by atoms with Crippen LogP contribution in [0.1, 0.15) is 44.2 Å². The van der Waals surface area contributed by atoms with E-state index in [0.29, 0.717) is 23.9 Å². The van der Waals surface area contributed by atoms with Gasteiger partial charge in [-0.05, 0) is 50.1 Å². The van der Waals surface area contributed by atoms with Gasteiger partial charge in [-0.15, -0.1) is 11.8 Å². The number of carbonyl (C=O) groups is 1. The van der Waals surface area contributed by atoms with Gasteiger partial charge in [-0.25, -0.2) is 0 Å². The fourth-order valence-electron chi connectivity index (χ4n) is 1.92. The molecule has 0 bridgehead atoms. The molecule has 0 fully saturated rings. The Labute approximate surface area is 147 Å². The number of aliphatic imine (C=N–C) groups is 1. The van der Waals surface area contributed by atoms with Crippen LogP contribution in [0.3, 0.4) is 0 Å². The smallest absolute Gasteiger partial charge is 0.303 e. The first kappa shape index (κ1) is 19.8. The van der Waals surface area contributed by atoms with Crippen molar-refractivity contribution in [2.75, 3.05) is 12.3 Å². The van der Waals surface area contributed by atoms with Crippen molar-refractivity contribution in [3.8, 4) is 0 Å². The van der Waals surface area contributed by atoms with Crippen molar-refractivity contribution in [1.82, 2.24) is 0 Å². The maximum absolute atomic E-state index is 10.6. The lowest BCUT2D eigenvalue weighted by atomic mass is 10.1. The third-order valence-corrected chi connectivity index (χ3v) is 4.71. The van der Waals surface area contributed by atoms with Crippen LogP contribution in [0.25, 0.3) is 0 Å². The number of aryl methyl sites for hydroxylation is 1. The highest BCUT2D eigenvalue weighted by atomic mass is 35.5. The van der Waals surface area contributed by atoms with E-state index in [2.05, 4.69) is 4.99 Å². The molecule has 0 aliphatic carbocycles. The fourth-order valence-corrected chi connectivity index (χ4v) is 3.21. The molecule has 128 valence electrons. The Kier molecular flexibility index (Phi) is 9.10. The van der Waals surface area contributed by atoms with E-state index in [1.54, 1.807) is 11.8 Å². The Bertz CT molecular complexity index is 549. The zero-order valence-corrected chi connectivity index (χ0v) is 15.4. The van der Waals surface area contributed by atoms with E-state index < -0.39 is 5.97 Å². The average Bonchev–Trinajstić information content (AvgIpc) is 2.49. The normalized spacial score (nSPS) is 13.0. The number of nitrogens with zero attached hydrogens (tertiary/aromatic N) is 1. The number of carboxylic acid groups (broad SMARTS) is 1. The van der Waals surface area contributed by atoms with Crippen molar-refractivity contribution in [3.05, 3.63) is 34.3 Å². The fraction of sp³-hybridized carbons (Fsp3) is 0.529. The van der Waals surface area contributed by atoms with Gasteiger partial charge < -0.3 is 9.84 Å². The van der Waals surface area contributed by atoms with Crippen LogP contribution in [0.4, 0.5) is 0 Å². The Balaban J connectivity index is 2.73. The van der Waals surface area contributed by atoms with Gasteiger partial charge in [-0.3, -0.25) is 9.79 Å². The highest BCUT2D eigenvalue weighted by molar-refractivity contribution is 7.99. The van der Waals surface area contributed by atoms with Gasteiger partial charge in [0.1, 0.15) is 5.44 Å². The standard InChI is InChI=1S/C17H24ClNO3S/c1-4-16(23-10-6-7-15(20)21)22-17(19-5-2)13-9-8-12(3)11-14(13)18/h8-9,11,16H,4-7,10H2,1-3H3,(H,20,21). The first-order valence-electron chi connectivity index (χ1n) is 7.78. The topological polar surface area (TPSA) is 58.9 Å². The molecule has 0 aliphatic heterocycles. The summed E-state index contributed by atoms with van der Waals surface area (Å²) in [4.78, 5) is 15.0. The predicted octanol–water partition coefficient (Wildman–Crippen LogP) is 4.77. The number of carboxylic acids is 1. The third-order valence-electron chi connectivity index (χ3n) is 3.07. The van der Waals surface area contributed by atoms with Crippen LogP contribution in [0.15, 0.2) is 23.2 Å². The van der Waals surface area contributed by atoms with Gasteiger partial charge in [0.25, 0.3) is 0 Å². The molecule has 0 aromatic heterocycles. The second-order valence-corrected chi connectivity index (χ2v) is 6.76. The number of thioether (sulfide) groups is 1. The average molecular weight is 358 g/mol. The van der Waals surface area contributed by atoms with Crippen molar-refractivity contribution in [1.29, 1.82) is 0 Å². The van der Waals surface area contributed by atoms with Crippen LogP contribution in [0.5, 0.6) is 0 Å². The lowest BCUT2D eigenvalue weighted by Crippen LogP contribution is -2.17. The van der Waals surface area contributed by atoms with Crippen LogP contribution in [0.2, 0.25) is 5.02 Å². The van der Waals surface area contributed by atoms with E-state index in [1.807, 2.05) is 39.0 Å². The molecule has 0 aliphatic rings. The summed E-state index contributed by atoms with van der Waals surface area (Å²) in [5.74, 6) is 0.528. The molecule has 1 aromatic rings. The summed E-state index contributed by atoms with van der Waals surface area (Å²) >= 11 is 7.93. The lowest BCUT2D eigenvalue weighted by molar-refractivity contribution is -0.137. The number of halogens is 1. The molecule has 1 unspecified atom stereocenters. The summed E-state index contributed by atoms with van der Waals surface area (Å²) in [5, 5.41) is 9.31. The molecule has 23 heavy (non-hydrogen) atoms. The molecule has 0 spiro atoms. The van der Waals surface area contributed by atoms with Crippen molar-refractivity contribution >= 4 is 35.2 Å². The third kappa shape index (κ3) is 7.27. The molecule has 4 nitrogen and oxygen atoms in total. The van der Waals surface area contributed by atoms with Crippen LogP contribution < -0.4 is 0 Å². The van der Waals surface area contributed by atoms with Gasteiger partial charge in [-0.2, -0.15) is 0 Å². The van der Waals surface area contributed by atoms with Crippen LogP contribution >= 0.6 is 23.4 Å². The Morgan fingerprint density at radius 2 is 2.17 bits per heavy atom. The van der Waals surface area contributed by atoms with E-state index in [4.69, 9.17) is 21.4 Å². The minimum atomic E-state index is -0.765. The molecule has 0 radical (unpaired) electrons. The largest absolute Gasteiger partial charge is 0.481 e. The monoisotopic (exact) mass is 357 g/mol. The molecular formula is C17H24ClNO3S. The molecule has 1 atom stereocenters. The van der Waals surface area contributed by atoms with Gasteiger partial charge in [0.05, 0.1) is 10.6 Å². The van der Waals surface area contributed by atoms with Gasteiger partial charge >= 0.3 is 5.97 Å². The number of ether oxygens (including phenoxy) is 1. The van der Waals surface area contributed by atoms with E-state index in [9.17, 15) is 4.79 Å². The number of hydrogen-bond acceptors (Lipinski definition) is 4. The van der Waals surface area contributed by atoms with Crippen LogP contribution in [0, 0.1) is 6.92 Å². The first-order chi connectivity index (χ1) is 11.0. The Morgan fingerprint density at radius 1 is 1.43 bits per heavy atom. The summed E-state index contributed by atoms with van der Waals surface area (Å²) < 4.78 is 6.04. The highest BCUT2D eigenvalue weighted by Gasteiger charge is 2.16. The zero-order valence-electron chi connectivity index (χ0n) is 13.8. The second-order valence-electron chi connectivity index (χ2n) is 5.09. The van der Waals surface area contributed by atoms with Crippen LogP contribution in [-0.2, 0) is 9.53 Å². The predicted molar refractivity (Wildman–Crippen MR) is 97.8 cm³/mol. The van der Waals surface area contributed by atoms with Crippen molar-refractivity contribution < 1.29 is 14.6 Å². The SMILES string of the molecule is CCN=C(OC(CC)SCCCC(=O)O)c1ccc(C)cc1Cl. The van der Waals surface area contributed by atoms with E-state index >= 15 is 0 Å². The van der Waals surface area contributed by atoms with Gasteiger partial charge in [0, 0.05) is 13.0 Å². The summed E-state index contributed by atoms with van der Waals surface area (Å²) in [6.45, 7) is 6.58. The number of rotatable bonds is 9. The van der Waals surface area contributed by atoms with Crippen LogP contribution in [-0.4, -0.2) is 34.7 Å². The Hall–Kier alpha value is -1.20. The molecule has 0 heterocycles. The second kappa shape index (κ2) is 10.6. The lowest BCUT2D eigenvalue weighted by Gasteiger charge is -2.19. The summed E-state index contributed by atoms with van der Waals surface area (Å²) in [5.41, 5.74) is 1.82. The zero-order chi connectivity index (χ0) is 17.2. The maximum Gasteiger partial charge on any atom is 0.303 e. The minimum absolute atomic E-state index is 0.0635. The van der Waals surface area contributed by atoms with Crippen molar-refractivity contribution in [2.45, 2.75) is 45.5 Å². The highest BCUT2D eigenvalue weighted by Crippen LogP contribution is 2.24. The first-order valence-corrected chi connectivity index (χ1v) is 9.21. The summed E-state index contributed by atoms with van der Waals surface area (Å²) in [6, 6.07) is 5.80. The van der Waals surface area contributed by atoms with E-state index in [0.717, 1.165) is 23.3 Å². The van der Waals surface area contributed by atoms with Gasteiger partial charge in [-0.1, -0.05) is 24.6 Å². The molecule has 0 saturated heterocycles. The Morgan fingerprint density at radius 3 is 2.74 bits per heavy atom. The quantitative estimate of drug-likeness (QED) is 0.299. The summed E-state index contributed by atoms with van der Waals surface area (Å²) in [7, 11) is 0. The van der Waals surface area contributed by atoms with E-state index in [1.165, 1.54) is 0 Å². The molecule has 0 saturated carbocycles. The molecular weight excluding hydrogens is 334 g/mol. The molecule has 1 N–H and O–H groups in total. The number of hydrogen-bond donors (Lipinski definition) is 1. The summed E-state index contributed by atoms with van der Waals surface area (Å²) in [6.07, 6.45) is 1.62. The number of benzene rings is 1. The van der Waals surface area contributed by atoms with Gasteiger partial charge in [0.2, 0.25) is 5.90 Å². The van der Waals surface area contributed by atoms with Crippen molar-refractivity contribution in [2.24, 2.45) is 4.99 Å². The molecule has 1 rings (SSSR count). The number of aliphatic carboxylic acids is 1. The van der Waals surface area contributed by atoms with Gasteiger partial charge in [0.15, 0.2) is 0 Å². The van der Waals surface area contributed by atoms with Crippen molar-refractivity contribution in [3.63, 3.8) is 0 Å². The molecule has 6 heteroatoms. The van der Waals surface area contributed by atoms with E-state index in [-0.39, 0.29) is 11.9 Å². The minimum Gasteiger partial charge on any atom is -0.481 e. The maximum atomic E-state index is 10.6.